The summed E-state index contributed by atoms with van der Waals surface area (Å²) in [4.78, 5) is 25.6. The van der Waals surface area contributed by atoms with Gasteiger partial charge in [-0.1, -0.05) is 18.2 Å². The third-order valence-electron chi connectivity index (χ3n) is 3.90. The lowest BCUT2D eigenvalue weighted by Crippen LogP contribution is -2.49. The predicted molar refractivity (Wildman–Crippen MR) is 91.7 cm³/mol. The smallest absolute Gasteiger partial charge is 0.274 e. The van der Waals surface area contributed by atoms with E-state index in [1.807, 2.05) is 24.3 Å². The van der Waals surface area contributed by atoms with E-state index in [-0.39, 0.29) is 35.6 Å². The number of carbonyl (C=O) groups is 1. The van der Waals surface area contributed by atoms with Crippen molar-refractivity contribution in [1.82, 2.24) is 20.4 Å². The molecule has 1 atom stereocenters. The molecule has 1 unspecified atom stereocenters. The van der Waals surface area contributed by atoms with Crippen molar-refractivity contribution < 1.29 is 9.53 Å². The van der Waals surface area contributed by atoms with Crippen LogP contribution in [0.5, 0.6) is 5.75 Å². The zero-order valence-corrected chi connectivity index (χ0v) is 14.0. The van der Waals surface area contributed by atoms with Gasteiger partial charge in [0.1, 0.15) is 11.4 Å². The van der Waals surface area contributed by atoms with E-state index in [4.69, 9.17) is 4.74 Å². The highest BCUT2D eigenvalue weighted by molar-refractivity contribution is 5.92. The standard InChI is InChI=1S/C16H18N4O3.ClH/c1-23-14-5-3-2-4-11(14)13-10-17-8-9-20(13)16(22)12-6-7-15(21)19-18-12;/h2-7,13,17H,8-10H2,1H3,(H,19,21);1H. The summed E-state index contributed by atoms with van der Waals surface area (Å²) in [6, 6.07) is 10.3. The average molecular weight is 351 g/mol. The van der Waals surface area contributed by atoms with Crippen LogP contribution >= 0.6 is 12.4 Å². The number of benzene rings is 1. The first-order chi connectivity index (χ1) is 11.2. The molecule has 24 heavy (non-hydrogen) atoms. The van der Waals surface area contributed by atoms with Gasteiger partial charge < -0.3 is 15.0 Å². The van der Waals surface area contributed by atoms with Crippen molar-refractivity contribution in [3.05, 3.63) is 58.0 Å². The highest BCUT2D eigenvalue weighted by atomic mass is 35.5. The lowest BCUT2D eigenvalue weighted by molar-refractivity contribution is 0.0624. The Balaban J connectivity index is 0.00000208. The second-order valence-electron chi connectivity index (χ2n) is 5.27. The van der Waals surface area contributed by atoms with Crippen LogP contribution in [0.25, 0.3) is 0 Å². The number of para-hydroxylation sites is 1. The van der Waals surface area contributed by atoms with E-state index in [1.54, 1.807) is 12.0 Å². The van der Waals surface area contributed by atoms with Gasteiger partial charge in [-0.3, -0.25) is 9.59 Å². The molecule has 1 amide bonds. The number of nitrogens with zero attached hydrogens (tertiary/aromatic N) is 2. The number of amides is 1. The first-order valence-corrected chi connectivity index (χ1v) is 7.41. The number of H-pyrrole nitrogens is 1. The van der Waals surface area contributed by atoms with Crippen molar-refractivity contribution in [1.29, 1.82) is 0 Å². The number of aromatic amines is 1. The number of hydrogen-bond acceptors (Lipinski definition) is 5. The van der Waals surface area contributed by atoms with Crippen molar-refractivity contribution in [2.45, 2.75) is 6.04 Å². The second-order valence-corrected chi connectivity index (χ2v) is 5.27. The van der Waals surface area contributed by atoms with Crippen molar-refractivity contribution >= 4 is 18.3 Å². The van der Waals surface area contributed by atoms with Gasteiger partial charge in [-0.15, -0.1) is 12.4 Å². The van der Waals surface area contributed by atoms with Crippen LogP contribution in [0.1, 0.15) is 22.1 Å². The largest absolute Gasteiger partial charge is 0.496 e. The van der Waals surface area contributed by atoms with Crippen LogP contribution in [0.4, 0.5) is 0 Å². The molecule has 2 aromatic rings. The van der Waals surface area contributed by atoms with E-state index in [1.165, 1.54) is 12.1 Å². The minimum Gasteiger partial charge on any atom is -0.496 e. The number of piperazine rings is 1. The molecule has 2 N–H and O–H groups in total. The van der Waals surface area contributed by atoms with Gasteiger partial charge in [0, 0.05) is 31.3 Å². The molecule has 0 aliphatic carbocycles. The van der Waals surface area contributed by atoms with E-state index >= 15 is 0 Å². The maximum Gasteiger partial charge on any atom is 0.274 e. The normalized spacial score (nSPS) is 17.0. The van der Waals surface area contributed by atoms with Crippen LogP contribution < -0.4 is 15.6 Å². The van der Waals surface area contributed by atoms with Crippen LogP contribution in [-0.4, -0.2) is 47.7 Å². The third-order valence-corrected chi connectivity index (χ3v) is 3.90. The molecular formula is C16H19ClN4O3. The Morgan fingerprint density at radius 3 is 2.79 bits per heavy atom. The summed E-state index contributed by atoms with van der Waals surface area (Å²) in [5.41, 5.74) is 0.842. The first-order valence-electron chi connectivity index (χ1n) is 7.41. The van der Waals surface area contributed by atoms with Gasteiger partial charge in [-0.25, -0.2) is 5.10 Å². The molecule has 0 spiro atoms. The summed E-state index contributed by atoms with van der Waals surface area (Å²) in [7, 11) is 1.62. The molecule has 128 valence electrons. The van der Waals surface area contributed by atoms with E-state index in [0.29, 0.717) is 19.6 Å². The Hall–Kier alpha value is -2.38. The fraction of sp³-hybridized carbons (Fsp3) is 0.312. The molecule has 1 aromatic heterocycles. The summed E-state index contributed by atoms with van der Waals surface area (Å²) in [6.07, 6.45) is 0. The van der Waals surface area contributed by atoms with Crippen molar-refractivity contribution in [3.63, 3.8) is 0 Å². The zero-order valence-electron chi connectivity index (χ0n) is 13.2. The van der Waals surface area contributed by atoms with E-state index in [2.05, 4.69) is 15.5 Å². The van der Waals surface area contributed by atoms with Gasteiger partial charge >= 0.3 is 0 Å². The van der Waals surface area contributed by atoms with E-state index < -0.39 is 0 Å². The van der Waals surface area contributed by atoms with E-state index in [0.717, 1.165) is 11.3 Å². The number of nitrogens with one attached hydrogen (secondary N) is 2. The molecule has 3 rings (SSSR count). The lowest BCUT2D eigenvalue weighted by atomic mass is 10.0. The quantitative estimate of drug-likeness (QED) is 0.862. The number of aromatic nitrogens is 2. The highest BCUT2D eigenvalue weighted by Gasteiger charge is 2.31. The molecule has 7 nitrogen and oxygen atoms in total. The molecule has 8 heteroatoms. The van der Waals surface area contributed by atoms with Crippen molar-refractivity contribution in [2.75, 3.05) is 26.7 Å². The van der Waals surface area contributed by atoms with Crippen LogP contribution in [0.2, 0.25) is 0 Å². The number of hydrogen-bond donors (Lipinski definition) is 2. The molecule has 2 heterocycles. The van der Waals surface area contributed by atoms with Gasteiger partial charge in [0.2, 0.25) is 0 Å². The molecule has 1 aromatic carbocycles. The molecule has 1 aliphatic rings. The molecular weight excluding hydrogens is 332 g/mol. The maximum atomic E-state index is 12.8. The third kappa shape index (κ3) is 3.58. The Labute approximate surface area is 145 Å². The Bertz CT molecular complexity index is 744. The SMILES string of the molecule is COc1ccccc1C1CNCCN1C(=O)c1ccc(=O)[nH]n1.Cl. The maximum absolute atomic E-state index is 12.8. The monoisotopic (exact) mass is 350 g/mol. The van der Waals surface area contributed by atoms with Crippen molar-refractivity contribution in [3.8, 4) is 5.75 Å². The lowest BCUT2D eigenvalue weighted by Gasteiger charge is -2.36. The Kier molecular flexibility index (Phi) is 5.94. The van der Waals surface area contributed by atoms with Crippen LogP contribution in [-0.2, 0) is 0 Å². The summed E-state index contributed by atoms with van der Waals surface area (Å²) in [5.74, 6) is 0.534. The predicted octanol–water partition coefficient (Wildman–Crippen LogP) is 0.987. The van der Waals surface area contributed by atoms with Gasteiger partial charge in [-0.05, 0) is 12.1 Å². The molecule has 1 saturated heterocycles. The highest BCUT2D eigenvalue weighted by Crippen LogP contribution is 2.30. The minimum absolute atomic E-state index is 0. The molecule has 1 aliphatic heterocycles. The summed E-state index contributed by atoms with van der Waals surface area (Å²) < 4.78 is 5.42. The number of halogens is 1. The van der Waals surface area contributed by atoms with Gasteiger partial charge in [0.15, 0.2) is 0 Å². The molecule has 0 saturated carbocycles. The summed E-state index contributed by atoms with van der Waals surface area (Å²) in [6.45, 7) is 1.90. The Morgan fingerprint density at radius 1 is 1.29 bits per heavy atom. The van der Waals surface area contributed by atoms with Crippen LogP contribution in [0, 0.1) is 0 Å². The molecule has 0 bridgehead atoms. The van der Waals surface area contributed by atoms with Gasteiger partial charge in [-0.2, -0.15) is 5.10 Å². The molecule has 0 radical (unpaired) electrons. The van der Waals surface area contributed by atoms with Crippen LogP contribution in [0.3, 0.4) is 0 Å². The van der Waals surface area contributed by atoms with Gasteiger partial charge in [0.25, 0.3) is 11.5 Å². The number of ether oxygens (including phenoxy) is 1. The minimum atomic E-state index is -0.330. The fourth-order valence-electron chi connectivity index (χ4n) is 2.78. The number of carbonyl (C=O) groups excluding carboxylic acids is 1. The zero-order chi connectivity index (χ0) is 16.2. The first kappa shape index (κ1) is 18.0. The fourth-order valence-corrected chi connectivity index (χ4v) is 2.78. The van der Waals surface area contributed by atoms with Gasteiger partial charge in [0.05, 0.1) is 13.2 Å². The average Bonchev–Trinajstić information content (AvgIpc) is 2.62. The molecule has 1 fully saturated rings. The number of rotatable bonds is 3. The van der Waals surface area contributed by atoms with E-state index in [9.17, 15) is 9.59 Å². The Morgan fingerprint density at radius 2 is 2.08 bits per heavy atom. The topological polar surface area (TPSA) is 87.3 Å². The van der Waals surface area contributed by atoms with Crippen LogP contribution in [0.15, 0.2) is 41.2 Å². The second kappa shape index (κ2) is 7.94. The number of methoxy groups -OCH3 is 1. The summed E-state index contributed by atoms with van der Waals surface area (Å²) >= 11 is 0. The van der Waals surface area contributed by atoms with Crippen molar-refractivity contribution in [2.24, 2.45) is 0 Å². The summed E-state index contributed by atoms with van der Waals surface area (Å²) in [5, 5.41) is 9.45.